The van der Waals surface area contributed by atoms with Gasteiger partial charge in [0.1, 0.15) is 11.9 Å². The Kier molecular flexibility index (Phi) is 5.07. The van der Waals surface area contributed by atoms with Crippen LogP contribution in [0.3, 0.4) is 0 Å². The molecule has 0 saturated carbocycles. The molecule has 1 aromatic heterocycles. The SMILES string of the molecule is CC(C)[C@H](N=[N+]=[N-])C(=O)NCc1cc(F)ccn1. The Bertz CT molecular complexity index is 470. The number of nitrogens with zero attached hydrogens (tertiary/aromatic N) is 4. The molecule has 1 aromatic rings. The molecule has 1 rings (SSSR count). The van der Waals surface area contributed by atoms with E-state index < -0.39 is 17.8 Å². The highest BCUT2D eigenvalue weighted by Crippen LogP contribution is 2.07. The Morgan fingerprint density at radius 3 is 2.94 bits per heavy atom. The van der Waals surface area contributed by atoms with Crippen LogP contribution >= 0.6 is 0 Å². The molecule has 1 amide bonds. The smallest absolute Gasteiger partial charge is 0.229 e. The lowest BCUT2D eigenvalue weighted by Crippen LogP contribution is -2.36. The quantitative estimate of drug-likeness (QED) is 0.493. The molecule has 0 saturated heterocycles. The monoisotopic (exact) mass is 251 g/mol. The zero-order chi connectivity index (χ0) is 13.5. The van der Waals surface area contributed by atoms with Crippen LogP contribution in [0, 0.1) is 11.7 Å². The van der Waals surface area contributed by atoms with Crippen molar-refractivity contribution in [3.8, 4) is 0 Å². The van der Waals surface area contributed by atoms with Gasteiger partial charge in [0, 0.05) is 11.1 Å². The van der Waals surface area contributed by atoms with Crippen LogP contribution in [0.1, 0.15) is 19.5 Å². The van der Waals surface area contributed by atoms with Crippen molar-refractivity contribution >= 4 is 5.91 Å². The van der Waals surface area contributed by atoms with E-state index in [1.807, 2.05) is 0 Å². The molecular formula is C11H14FN5O. The summed E-state index contributed by atoms with van der Waals surface area (Å²) < 4.78 is 12.9. The van der Waals surface area contributed by atoms with E-state index in [0.29, 0.717) is 5.69 Å². The third kappa shape index (κ3) is 4.03. The van der Waals surface area contributed by atoms with Crippen molar-refractivity contribution in [1.82, 2.24) is 10.3 Å². The number of pyridine rings is 1. The van der Waals surface area contributed by atoms with Crippen molar-refractivity contribution in [3.63, 3.8) is 0 Å². The zero-order valence-corrected chi connectivity index (χ0v) is 10.2. The highest BCUT2D eigenvalue weighted by molar-refractivity contribution is 5.82. The number of carbonyl (C=O) groups excluding carboxylic acids is 1. The molecule has 1 heterocycles. The van der Waals surface area contributed by atoms with Crippen LogP contribution in [-0.4, -0.2) is 16.9 Å². The maximum atomic E-state index is 12.9. The Morgan fingerprint density at radius 1 is 1.67 bits per heavy atom. The summed E-state index contributed by atoms with van der Waals surface area (Å²) in [6.45, 7) is 3.65. The topological polar surface area (TPSA) is 90.8 Å². The van der Waals surface area contributed by atoms with Crippen molar-refractivity contribution < 1.29 is 9.18 Å². The molecule has 0 aliphatic rings. The second-order valence-corrected chi connectivity index (χ2v) is 4.08. The third-order valence-corrected chi connectivity index (χ3v) is 2.30. The Morgan fingerprint density at radius 2 is 2.39 bits per heavy atom. The molecule has 96 valence electrons. The van der Waals surface area contributed by atoms with Gasteiger partial charge in [-0.15, -0.1) is 0 Å². The molecule has 0 radical (unpaired) electrons. The van der Waals surface area contributed by atoms with Crippen LogP contribution in [0.5, 0.6) is 0 Å². The lowest BCUT2D eigenvalue weighted by Gasteiger charge is -2.14. The van der Waals surface area contributed by atoms with Gasteiger partial charge in [0.05, 0.1) is 12.2 Å². The Balaban J connectivity index is 2.62. The van der Waals surface area contributed by atoms with Gasteiger partial charge in [-0.3, -0.25) is 9.78 Å². The van der Waals surface area contributed by atoms with Crippen LogP contribution in [0.15, 0.2) is 23.4 Å². The summed E-state index contributed by atoms with van der Waals surface area (Å²) in [5.74, 6) is -0.917. The normalized spacial score (nSPS) is 11.8. The average molecular weight is 251 g/mol. The first-order valence-electron chi connectivity index (χ1n) is 5.47. The van der Waals surface area contributed by atoms with Crippen LogP contribution in [0.25, 0.3) is 10.4 Å². The van der Waals surface area contributed by atoms with E-state index in [1.54, 1.807) is 13.8 Å². The lowest BCUT2D eigenvalue weighted by atomic mass is 10.0. The van der Waals surface area contributed by atoms with E-state index in [9.17, 15) is 9.18 Å². The van der Waals surface area contributed by atoms with E-state index in [0.717, 1.165) is 0 Å². The van der Waals surface area contributed by atoms with Gasteiger partial charge >= 0.3 is 0 Å². The number of hydrogen-bond donors (Lipinski definition) is 1. The van der Waals surface area contributed by atoms with E-state index in [1.165, 1.54) is 18.3 Å². The number of rotatable bonds is 5. The summed E-state index contributed by atoms with van der Waals surface area (Å²) in [6.07, 6.45) is 1.32. The van der Waals surface area contributed by atoms with Gasteiger partial charge in [0.15, 0.2) is 0 Å². The predicted molar refractivity (Wildman–Crippen MR) is 63.8 cm³/mol. The summed E-state index contributed by atoms with van der Waals surface area (Å²) >= 11 is 0. The fraction of sp³-hybridized carbons (Fsp3) is 0.455. The van der Waals surface area contributed by atoms with E-state index in [2.05, 4.69) is 20.3 Å². The first-order chi connectivity index (χ1) is 8.54. The summed E-state index contributed by atoms with van der Waals surface area (Å²) in [4.78, 5) is 18.3. The summed E-state index contributed by atoms with van der Waals surface area (Å²) in [5, 5.41) is 5.99. The predicted octanol–water partition coefficient (Wildman–Crippen LogP) is 2.17. The standard InChI is InChI=1S/C11H14FN5O/c1-7(2)10(16-17-13)11(18)15-6-9-5-8(12)3-4-14-9/h3-5,7,10H,6H2,1-2H3,(H,15,18)/t10-/m0/s1. The lowest BCUT2D eigenvalue weighted by molar-refractivity contribution is -0.123. The largest absolute Gasteiger partial charge is 0.350 e. The molecule has 6 nitrogen and oxygen atoms in total. The molecule has 0 aliphatic carbocycles. The number of nitrogens with one attached hydrogen (secondary N) is 1. The van der Waals surface area contributed by atoms with Gasteiger partial charge in [-0.05, 0) is 23.6 Å². The molecule has 0 aliphatic heterocycles. The molecule has 7 heteroatoms. The molecule has 0 bridgehead atoms. The molecule has 1 atom stereocenters. The van der Waals surface area contributed by atoms with Crippen molar-refractivity contribution in [1.29, 1.82) is 0 Å². The van der Waals surface area contributed by atoms with Crippen LogP contribution in [-0.2, 0) is 11.3 Å². The van der Waals surface area contributed by atoms with E-state index in [-0.39, 0.29) is 12.5 Å². The number of carbonyl (C=O) groups is 1. The fourth-order valence-corrected chi connectivity index (χ4v) is 1.37. The highest BCUT2D eigenvalue weighted by atomic mass is 19.1. The van der Waals surface area contributed by atoms with Crippen molar-refractivity contribution in [3.05, 3.63) is 40.3 Å². The molecule has 0 fully saturated rings. The summed E-state index contributed by atoms with van der Waals surface area (Å²) in [5.41, 5.74) is 8.78. The van der Waals surface area contributed by atoms with Crippen LogP contribution in [0.4, 0.5) is 4.39 Å². The van der Waals surface area contributed by atoms with Gasteiger partial charge < -0.3 is 5.32 Å². The molecule has 0 unspecified atom stereocenters. The van der Waals surface area contributed by atoms with Gasteiger partial charge in [0.2, 0.25) is 5.91 Å². The molecule has 1 N–H and O–H groups in total. The average Bonchev–Trinajstić information content (AvgIpc) is 2.32. The molecular weight excluding hydrogens is 237 g/mol. The minimum atomic E-state index is -0.774. The minimum absolute atomic E-state index is 0.0980. The van der Waals surface area contributed by atoms with Gasteiger partial charge in [-0.2, -0.15) is 0 Å². The van der Waals surface area contributed by atoms with E-state index in [4.69, 9.17) is 5.53 Å². The Labute approximate surface area is 104 Å². The molecule has 18 heavy (non-hydrogen) atoms. The number of amides is 1. The summed E-state index contributed by atoms with van der Waals surface area (Å²) in [6, 6.07) is 1.68. The highest BCUT2D eigenvalue weighted by Gasteiger charge is 2.20. The van der Waals surface area contributed by atoms with Crippen molar-refractivity contribution in [2.45, 2.75) is 26.4 Å². The summed E-state index contributed by atoms with van der Waals surface area (Å²) in [7, 11) is 0. The second-order valence-electron chi connectivity index (χ2n) is 4.08. The maximum Gasteiger partial charge on any atom is 0.229 e. The number of aromatic nitrogens is 1. The van der Waals surface area contributed by atoms with Crippen LogP contribution < -0.4 is 5.32 Å². The fourth-order valence-electron chi connectivity index (χ4n) is 1.37. The molecule has 0 spiro atoms. The first kappa shape index (κ1) is 13.9. The number of azide groups is 1. The minimum Gasteiger partial charge on any atom is -0.350 e. The van der Waals surface area contributed by atoms with Gasteiger partial charge in [-0.25, -0.2) is 4.39 Å². The van der Waals surface area contributed by atoms with Gasteiger partial charge in [-0.1, -0.05) is 19.0 Å². The van der Waals surface area contributed by atoms with Crippen molar-refractivity contribution in [2.24, 2.45) is 11.0 Å². The van der Waals surface area contributed by atoms with E-state index >= 15 is 0 Å². The number of halogens is 1. The van der Waals surface area contributed by atoms with Crippen molar-refractivity contribution in [2.75, 3.05) is 0 Å². The first-order valence-corrected chi connectivity index (χ1v) is 5.47. The maximum absolute atomic E-state index is 12.9. The Hall–Kier alpha value is -2.14. The second kappa shape index (κ2) is 6.56. The third-order valence-electron chi connectivity index (χ3n) is 2.30. The van der Waals surface area contributed by atoms with Gasteiger partial charge in [0.25, 0.3) is 0 Å². The zero-order valence-electron chi connectivity index (χ0n) is 10.2. The van der Waals surface area contributed by atoms with Crippen LogP contribution in [0.2, 0.25) is 0 Å². The molecule has 0 aromatic carbocycles. The number of hydrogen-bond acceptors (Lipinski definition) is 3.